The molecule has 1 saturated heterocycles. The third kappa shape index (κ3) is 3.48. The molecular formula is C16H23ClN2O6S. The van der Waals surface area contributed by atoms with Crippen LogP contribution in [0.4, 0.5) is 9.59 Å². The molecule has 1 N–H and O–H groups in total. The molecule has 1 amide bonds. The van der Waals surface area contributed by atoms with Gasteiger partial charge in [-0.1, -0.05) is 18.7 Å². The van der Waals surface area contributed by atoms with Crippen LogP contribution in [-0.4, -0.2) is 68.6 Å². The molecule has 2 aliphatic heterocycles. The number of fused-ring (bicyclic) bond motifs is 1. The number of amidine groups is 1. The number of carbonyl (C=O) groups is 2. The number of thioether (sulfide) groups is 1. The Hall–Kier alpha value is -1.19. The predicted molar refractivity (Wildman–Crippen MR) is 96.7 cm³/mol. The number of carbonyl (C=O) groups excluding carboxylic acids is 1. The molecule has 146 valence electrons. The van der Waals surface area contributed by atoms with Crippen molar-refractivity contribution >= 4 is 40.8 Å². The molecule has 0 aromatic carbocycles. The van der Waals surface area contributed by atoms with Crippen molar-refractivity contribution in [3.63, 3.8) is 0 Å². The zero-order valence-corrected chi connectivity index (χ0v) is 16.8. The number of alkyl halides is 1. The van der Waals surface area contributed by atoms with Crippen molar-refractivity contribution in [3.8, 4) is 0 Å². The molecule has 10 heteroatoms. The lowest BCUT2D eigenvalue weighted by atomic mass is 9.88. The van der Waals surface area contributed by atoms with E-state index in [2.05, 4.69) is 4.99 Å². The van der Waals surface area contributed by atoms with Crippen molar-refractivity contribution in [1.82, 2.24) is 4.90 Å². The van der Waals surface area contributed by atoms with Crippen LogP contribution in [0.5, 0.6) is 0 Å². The second kappa shape index (κ2) is 6.45. The van der Waals surface area contributed by atoms with Gasteiger partial charge in [-0.3, -0.25) is 9.89 Å². The van der Waals surface area contributed by atoms with Crippen LogP contribution in [0.3, 0.4) is 0 Å². The summed E-state index contributed by atoms with van der Waals surface area (Å²) in [7, 11) is 1.59. The zero-order chi connectivity index (χ0) is 19.4. The Labute approximate surface area is 161 Å². The fraction of sp³-hybridized carbons (Fsp3) is 0.812. The van der Waals surface area contributed by atoms with Crippen molar-refractivity contribution in [2.75, 3.05) is 7.05 Å². The average Bonchev–Trinajstić information content (AvgIpc) is 2.93. The summed E-state index contributed by atoms with van der Waals surface area (Å²) >= 11 is 7.57. The molecule has 3 aliphatic rings. The third-order valence-corrected chi connectivity index (χ3v) is 6.36. The lowest BCUT2D eigenvalue weighted by Crippen LogP contribution is -2.54. The highest BCUT2D eigenvalue weighted by Crippen LogP contribution is 2.57. The Morgan fingerprint density at radius 3 is 2.58 bits per heavy atom. The van der Waals surface area contributed by atoms with E-state index >= 15 is 0 Å². The number of halogens is 1. The lowest BCUT2D eigenvalue weighted by Gasteiger charge is -2.41. The molecule has 1 spiro atoms. The van der Waals surface area contributed by atoms with Crippen LogP contribution >= 0.6 is 23.4 Å². The van der Waals surface area contributed by atoms with Crippen LogP contribution in [0.15, 0.2) is 4.99 Å². The largest absolute Gasteiger partial charge is 0.506 e. The highest BCUT2D eigenvalue weighted by molar-refractivity contribution is 8.14. The normalized spacial score (nSPS) is 38.4. The van der Waals surface area contributed by atoms with Crippen LogP contribution in [-0.2, 0) is 14.2 Å². The highest BCUT2D eigenvalue weighted by atomic mass is 35.5. The molecular weight excluding hydrogens is 384 g/mol. The zero-order valence-electron chi connectivity index (χ0n) is 15.3. The van der Waals surface area contributed by atoms with Gasteiger partial charge < -0.3 is 19.3 Å². The second-order valence-electron chi connectivity index (χ2n) is 7.84. The van der Waals surface area contributed by atoms with E-state index in [9.17, 15) is 9.59 Å². The third-order valence-electron chi connectivity index (χ3n) is 4.64. The van der Waals surface area contributed by atoms with Crippen molar-refractivity contribution in [2.24, 2.45) is 10.9 Å². The smallest absolute Gasteiger partial charge is 0.450 e. The maximum absolute atomic E-state index is 12.3. The van der Waals surface area contributed by atoms with E-state index in [0.29, 0.717) is 11.6 Å². The summed E-state index contributed by atoms with van der Waals surface area (Å²) in [5.74, 6) is -0.231. The molecule has 6 atom stereocenters. The monoisotopic (exact) mass is 406 g/mol. The summed E-state index contributed by atoms with van der Waals surface area (Å²) in [5.41, 5.74) is -1.78. The first-order valence-electron chi connectivity index (χ1n) is 8.37. The molecule has 0 aromatic rings. The first-order chi connectivity index (χ1) is 11.9. The van der Waals surface area contributed by atoms with Crippen molar-refractivity contribution in [2.45, 2.75) is 68.3 Å². The molecule has 2 unspecified atom stereocenters. The fourth-order valence-electron chi connectivity index (χ4n) is 3.29. The van der Waals surface area contributed by atoms with Gasteiger partial charge in [0.1, 0.15) is 22.7 Å². The molecule has 8 nitrogen and oxygen atoms in total. The topological polar surface area (TPSA) is 97.7 Å². The maximum Gasteiger partial charge on any atom is 0.506 e. The van der Waals surface area contributed by atoms with E-state index in [-0.39, 0.29) is 22.8 Å². The quantitative estimate of drug-likeness (QED) is 0.527. The predicted octanol–water partition coefficient (Wildman–Crippen LogP) is 3.13. The van der Waals surface area contributed by atoms with E-state index in [1.54, 1.807) is 27.8 Å². The SMILES string of the molecule is C[C@@H]1[C@H]2N=C(N(C)C(=O)OC(C)(C)C)S[C@H]2OC2(CC2Cl)[C@H]1OC(=O)O. The van der Waals surface area contributed by atoms with Crippen molar-refractivity contribution in [3.05, 3.63) is 0 Å². The molecule has 2 fully saturated rings. The molecule has 3 rings (SSSR count). The number of amides is 1. The number of ether oxygens (including phenoxy) is 3. The van der Waals surface area contributed by atoms with Gasteiger partial charge >= 0.3 is 12.2 Å². The molecule has 0 bridgehead atoms. The van der Waals surface area contributed by atoms with Gasteiger partial charge in [-0.05, 0) is 20.8 Å². The Morgan fingerprint density at radius 2 is 2.08 bits per heavy atom. The van der Waals surface area contributed by atoms with E-state index < -0.39 is 29.6 Å². The van der Waals surface area contributed by atoms with Crippen LogP contribution in [0, 0.1) is 5.92 Å². The van der Waals surface area contributed by atoms with E-state index in [0.717, 1.165) is 0 Å². The van der Waals surface area contributed by atoms with Gasteiger partial charge in [0.05, 0.1) is 11.4 Å². The Kier molecular flexibility index (Phi) is 4.86. The average molecular weight is 407 g/mol. The van der Waals surface area contributed by atoms with Crippen LogP contribution in [0.1, 0.15) is 34.1 Å². The molecule has 2 heterocycles. The molecule has 0 aromatic heterocycles. The minimum Gasteiger partial charge on any atom is -0.450 e. The maximum atomic E-state index is 12.3. The lowest BCUT2D eigenvalue weighted by molar-refractivity contribution is -0.144. The summed E-state index contributed by atoms with van der Waals surface area (Å²) in [6.45, 7) is 7.24. The molecule has 26 heavy (non-hydrogen) atoms. The van der Waals surface area contributed by atoms with E-state index in [1.807, 2.05) is 6.92 Å². The molecule has 0 radical (unpaired) electrons. The summed E-state index contributed by atoms with van der Waals surface area (Å²) in [5, 5.41) is 9.23. The molecule has 1 aliphatic carbocycles. The minimum absolute atomic E-state index is 0.231. The Balaban J connectivity index is 1.77. The van der Waals surface area contributed by atoms with Gasteiger partial charge in [0.15, 0.2) is 5.17 Å². The first-order valence-corrected chi connectivity index (χ1v) is 9.69. The van der Waals surface area contributed by atoms with Gasteiger partial charge in [0.2, 0.25) is 0 Å². The number of hydrogen-bond acceptors (Lipinski definition) is 7. The van der Waals surface area contributed by atoms with Crippen molar-refractivity contribution < 1.29 is 28.9 Å². The van der Waals surface area contributed by atoms with E-state index in [4.69, 9.17) is 30.9 Å². The number of nitrogens with zero attached hydrogens (tertiary/aromatic N) is 2. The van der Waals surface area contributed by atoms with Gasteiger partial charge in [-0.25, -0.2) is 9.59 Å². The summed E-state index contributed by atoms with van der Waals surface area (Å²) in [6, 6.07) is -0.334. The first kappa shape index (κ1) is 19.6. The highest BCUT2D eigenvalue weighted by Gasteiger charge is 2.69. The Bertz CT molecular complexity index is 653. The fourth-order valence-corrected chi connectivity index (χ4v) is 5.00. The van der Waals surface area contributed by atoms with Crippen LogP contribution in [0.25, 0.3) is 0 Å². The summed E-state index contributed by atoms with van der Waals surface area (Å²) in [4.78, 5) is 29.3. The van der Waals surface area contributed by atoms with E-state index in [1.165, 1.54) is 16.7 Å². The Morgan fingerprint density at radius 1 is 1.46 bits per heavy atom. The van der Waals surface area contributed by atoms with Crippen LogP contribution in [0.2, 0.25) is 0 Å². The van der Waals surface area contributed by atoms with Crippen LogP contribution < -0.4 is 0 Å². The summed E-state index contributed by atoms with van der Waals surface area (Å²) in [6.07, 6.45) is -2.04. The second-order valence-corrected chi connectivity index (χ2v) is 9.43. The van der Waals surface area contributed by atoms with Gasteiger partial charge in [0, 0.05) is 19.4 Å². The summed E-state index contributed by atoms with van der Waals surface area (Å²) < 4.78 is 16.6. The van der Waals surface area contributed by atoms with Gasteiger partial charge in [-0.2, -0.15) is 0 Å². The number of hydrogen-bond donors (Lipinski definition) is 1. The van der Waals surface area contributed by atoms with Gasteiger partial charge in [0.25, 0.3) is 0 Å². The molecule has 1 saturated carbocycles. The van der Waals surface area contributed by atoms with Gasteiger partial charge in [-0.15, -0.1) is 11.6 Å². The number of carboxylic acid groups (broad SMARTS) is 1. The number of rotatable bonds is 1. The standard InChI is InChI=1S/C16H23ClN2O6S/c1-7-9-11(24-16(6-8(16)17)10(7)23-14(21)22)26-12(18-9)19(5)13(20)25-15(2,3)4/h7-11H,6H2,1-5H3,(H,21,22)/t7-,8?,9-,10+,11-,16?/m1/s1. The minimum atomic E-state index is -1.36. The number of aliphatic imine (C=N–C) groups is 1. The van der Waals surface area contributed by atoms with Crippen molar-refractivity contribution in [1.29, 1.82) is 0 Å².